The van der Waals surface area contributed by atoms with Crippen LogP contribution in [0.3, 0.4) is 0 Å². The van der Waals surface area contributed by atoms with Crippen LogP contribution in [0.4, 0.5) is 0 Å². The lowest BCUT2D eigenvalue weighted by Crippen LogP contribution is -2.67. The highest BCUT2D eigenvalue weighted by atomic mass is 15.2. The molecule has 22 heavy (non-hydrogen) atoms. The van der Waals surface area contributed by atoms with E-state index in [1.165, 1.54) is 28.3 Å². The van der Waals surface area contributed by atoms with Gasteiger partial charge in [0.05, 0.1) is 23.2 Å². The molecule has 2 aromatic rings. The first-order valence-corrected chi connectivity index (χ1v) is 8.59. The molecule has 0 saturated carbocycles. The summed E-state index contributed by atoms with van der Waals surface area (Å²) in [5.41, 5.74) is 5.72. The first-order chi connectivity index (χ1) is 10.5. The van der Waals surface area contributed by atoms with E-state index in [0.29, 0.717) is 0 Å². The van der Waals surface area contributed by atoms with Gasteiger partial charge in [-0.2, -0.15) is 0 Å². The zero-order valence-electron chi connectivity index (χ0n) is 14.4. The predicted molar refractivity (Wildman–Crippen MR) is 87.9 cm³/mol. The molecule has 4 rings (SSSR count). The van der Waals surface area contributed by atoms with E-state index < -0.39 is 0 Å². The van der Waals surface area contributed by atoms with Gasteiger partial charge in [-0.25, -0.2) is 9.13 Å². The van der Waals surface area contributed by atoms with Gasteiger partial charge in [0.2, 0.25) is 0 Å². The molecule has 2 aromatic heterocycles. The topological polar surface area (TPSA) is 21.7 Å². The van der Waals surface area contributed by atoms with E-state index in [4.69, 9.17) is 4.98 Å². The lowest BCUT2D eigenvalue weighted by atomic mass is 9.62. The average molecular weight is 296 g/mol. The molecule has 3 nitrogen and oxygen atoms in total. The Morgan fingerprint density at radius 2 is 2.05 bits per heavy atom. The summed E-state index contributed by atoms with van der Waals surface area (Å²) < 4.78 is 5.06. The van der Waals surface area contributed by atoms with Gasteiger partial charge in [-0.15, -0.1) is 0 Å². The fraction of sp³-hybridized carbons (Fsp3) is 0.579. The van der Waals surface area contributed by atoms with Crippen molar-refractivity contribution in [2.24, 2.45) is 0 Å². The minimum Gasteiger partial charge on any atom is -0.260 e. The maximum absolute atomic E-state index is 4.90. The molecular formula is C19H26N3+. The van der Waals surface area contributed by atoms with Gasteiger partial charge in [0.1, 0.15) is 17.4 Å². The number of pyridine rings is 1. The summed E-state index contributed by atoms with van der Waals surface area (Å²) >= 11 is 0. The Morgan fingerprint density at radius 3 is 2.73 bits per heavy atom. The van der Waals surface area contributed by atoms with Crippen LogP contribution < -0.4 is 4.57 Å². The van der Waals surface area contributed by atoms with Crippen molar-refractivity contribution in [3.8, 4) is 11.4 Å². The van der Waals surface area contributed by atoms with Crippen molar-refractivity contribution in [3.63, 3.8) is 0 Å². The van der Waals surface area contributed by atoms with Crippen LogP contribution in [0.2, 0.25) is 0 Å². The van der Waals surface area contributed by atoms with Gasteiger partial charge in [-0.1, -0.05) is 13.8 Å². The number of aromatic nitrogens is 3. The first-order valence-electron chi connectivity index (χ1n) is 8.59. The molecule has 0 aromatic carbocycles. The second-order valence-corrected chi connectivity index (χ2v) is 7.37. The van der Waals surface area contributed by atoms with Crippen LogP contribution in [-0.4, -0.2) is 9.55 Å². The van der Waals surface area contributed by atoms with E-state index in [2.05, 4.69) is 56.0 Å². The fourth-order valence-electron chi connectivity index (χ4n) is 4.77. The Labute approximate surface area is 133 Å². The summed E-state index contributed by atoms with van der Waals surface area (Å²) in [7, 11) is 0. The van der Waals surface area contributed by atoms with Crippen LogP contribution in [0.1, 0.15) is 57.5 Å². The Hall–Kier alpha value is -1.64. The third-order valence-corrected chi connectivity index (χ3v) is 6.73. The number of nitrogens with zero attached hydrogens (tertiary/aromatic N) is 3. The van der Waals surface area contributed by atoms with Crippen molar-refractivity contribution >= 4 is 0 Å². The lowest BCUT2D eigenvalue weighted by Gasteiger charge is -2.47. The number of hydrogen-bond acceptors (Lipinski definition) is 1. The van der Waals surface area contributed by atoms with E-state index in [0.717, 1.165) is 25.8 Å². The van der Waals surface area contributed by atoms with E-state index in [-0.39, 0.29) is 11.0 Å². The quantitative estimate of drug-likeness (QED) is 0.777. The molecule has 116 valence electrons. The molecule has 2 atom stereocenters. The van der Waals surface area contributed by atoms with Crippen LogP contribution in [0.25, 0.3) is 11.4 Å². The van der Waals surface area contributed by atoms with E-state index in [1.807, 2.05) is 6.20 Å². The molecule has 0 radical (unpaired) electrons. The van der Waals surface area contributed by atoms with Crippen LogP contribution in [0, 0.1) is 6.92 Å². The molecule has 2 aliphatic rings. The predicted octanol–water partition coefficient (Wildman–Crippen LogP) is 3.51. The zero-order chi connectivity index (χ0) is 15.7. The highest BCUT2D eigenvalue weighted by Gasteiger charge is 2.57. The van der Waals surface area contributed by atoms with Crippen molar-refractivity contribution in [1.29, 1.82) is 0 Å². The monoisotopic (exact) mass is 296 g/mol. The highest BCUT2D eigenvalue weighted by Crippen LogP contribution is 2.50. The molecule has 2 aliphatic heterocycles. The van der Waals surface area contributed by atoms with Gasteiger partial charge in [-0.3, -0.25) is 4.98 Å². The SMILES string of the molecule is CCC1(C)c2nccc3c2-c2n(c(C)c[n+]2C1(C)CC)CC3. The van der Waals surface area contributed by atoms with Gasteiger partial charge in [0.15, 0.2) is 0 Å². The van der Waals surface area contributed by atoms with Crippen molar-refractivity contribution in [1.82, 2.24) is 9.55 Å². The van der Waals surface area contributed by atoms with Crippen molar-refractivity contribution in [3.05, 3.63) is 35.4 Å². The summed E-state index contributed by atoms with van der Waals surface area (Å²) in [6, 6.07) is 2.22. The molecule has 2 unspecified atom stereocenters. The third kappa shape index (κ3) is 1.34. The summed E-state index contributed by atoms with van der Waals surface area (Å²) in [6.07, 6.45) is 7.74. The van der Waals surface area contributed by atoms with Gasteiger partial charge in [0.25, 0.3) is 5.82 Å². The summed E-state index contributed by atoms with van der Waals surface area (Å²) in [5.74, 6) is 1.39. The molecule has 0 saturated heterocycles. The van der Waals surface area contributed by atoms with Gasteiger partial charge >= 0.3 is 0 Å². The minimum atomic E-state index is 0.0702. The smallest absolute Gasteiger partial charge is 0.260 e. The molecule has 0 aliphatic carbocycles. The van der Waals surface area contributed by atoms with Crippen LogP contribution in [-0.2, 0) is 23.9 Å². The van der Waals surface area contributed by atoms with Gasteiger partial charge in [-0.05, 0) is 38.3 Å². The largest absolute Gasteiger partial charge is 0.291 e. The number of rotatable bonds is 2. The fourth-order valence-corrected chi connectivity index (χ4v) is 4.77. The Kier molecular flexibility index (Phi) is 2.68. The summed E-state index contributed by atoms with van der Waals surface area (Å²) in [6.45, 7) is 12.8. The van der Waals surface area contributed by atoms with Crippen molar-refractivity contribution in [2.45, 2.75) is 71.4 Å². The molecule has 0 fully saturated rings. The molecular weight excluding hydrogens is 270 g/mol. The first kappa shape index (κ1) is 14.0. The maximum atomic E-state index is 4.90. The van der Waals surface area contributed by atoms with Gasteiger partial charge in [0, 0.05) is 19.5 Å². The number of imidazole rings is 1. The van der Waals surface area contributed by atoms with E-state index in [9.17, 15) is 0 Å². The summed E-state index contributed by atoms with van der Waals surface area (Å²) in [4.78, 5) is 4.90. The second-order valence-electron chi connectivity index (χ2n) is 7.37. The van der Waals surface area contributed by atoms with E-state index >= 15 is 0 Å². The molecule has 3 heteroatoms. The van der Waals surface area contributed by atoms with Crippen molar-refractivity contribution in [2.75, 3.05) is 0 Å². The molecule has 0 N–H and O–H groups in total. The normalized spacial score (nSPS) is 28.6. The molecule has 0 amide bonds. The number of hydrogen-bond donors (Lipinski definition) is 0. The van der Waals surface area contributed by atoms with Crippen LogP contribution in [0.5, 0.6) is 0 Å². The molecule has 0 spiro atoms. The van der Waals surface area contributed by atoms with Crippen LogP contribution >= 0.6 is 0 Å². The second kappa shape index (κ2) is 4.21. The minimum absolute atomic E-state index is 0.0702. The molecule has 0 bridgehead atoms. The Morgan fingerprint density at radius 1 is 1.27 bits per heavy atom. The Bertz CT molecular complexity index is 773. The maximum Gasteiger partial charge on any atom is 0.291 e. The number of aryl methyl sites for hydroxylation is 2. The Balaban J connectivity index is 2.18. The zero-order valence-corrected chi connectivity index (χ0v) is 14.4. The van der Waals surface area contributed by atoms with Crippen LogP contribution in [0.15, 0.2) is 18.5 Å². The van der Waals surface area contributed by atoms with Gasteiger partial charge < -0.3 is 0 Å². The average Bonchev–Trinajstić information content (AvgIpc) is 2.89. The van der Waals surface area contributed by atoms with E-state index in [1.54, 1.807) is 0 Å². The standard InChI is InChI=1S/C19H26N3/c1-6-18(4)16-15-14(8-10-20-16)9-11-21-13(3)12-22(17(15)21)19(18,5)7-2/h8,10,12H,6-7,9,11H2,1-5H3/q+1. The summed E-state index contributed by atoms with van der Waals surface area (Å²) in [5, 5.41) is 0. The van der Waals surface area contributed by atoms with Crippen molar-refractivity contribution < 1.29 is 4.57 Å². The highest BCUT2D eigenvalue weighted by molar-refractivity contribution is 5.66. The lowest BCUT2D eigenvalue weighted by molar-refractivity contribution is -0.765. The third-order valence-electron chi connectivity index (χ3n) is 6.73. The molecule has 4 heterocycles.